The van der Waals surface area contributed by atoms with Gasteiger partial charge in [-0.15, -0.1) is 11.8 Å². The van der Waals surface area contributed by atoms with Gasteiger partial charge in [0.2, 0.25) is 0 Å². The Balaban J connectivity index is 2.67. The number of hydrogen-bond acceptors (Lipinski definition) is 4. The number of aliphatic hydroxyl groups is 1. The fourth-order valence-corrected chi connectivity index (χ4v) is 1.97. The van der Waals surface area contributed by atoms with E-state index in [2.05, 4.69) is 11.4 Å². The predicted octanol–water partition coefficient (Wildman–Crippen LogP) is 1.89. The third-order valence-electron chi connectivity index (χ3n) is 2.38. The number of methoxy groups -OCH3 is 1. The van der Waals surface area contributed by atoms with E-state index in [9.17, 15) is 0 Å². The van der Waals surface area contributed by atoms with Gasteiger partial charge in [0.15, 0.2) is 0 Å². The molecule has 0 saturated heterocycles. The Bertz CT molecular complexity index is 331. The quantitative estimate of drug-likeness (QED) is 0.746. The second-order valence-corrected chi connectivity index (χ2v) is 4.50. The van der Waals surface area contributed by atoms with E-state index in [0.717, 1.165) is 17.2 Å². The molecule has 2 N–H and O–H groups in total. The van der Waals surface area contributed by atoms with Crippen molar-refractivity contribution in [1.82, 2.24) is 5.32 Å². The summed E-state index contributed by atoms with van der Waals surface area (Å²) in [5.41, 5.74) is 1.20. The third-order valence-corrected chi connectivity index (χ3v) is 3.14. The first-order chi connectivity index (χ1) is 7.71. The Morgan fingerprint density at radius 3 is 2.81 bits per heavy atom. The van der Waals surface area contributed by atoms with E-state index in [0.29, 0.717) is 0 Å². The minimum Gasteiger partial charge on any atom is -0.496 e. The van der Waals surface area contributed by atoms with Gasteiger partial charge in [0.25, 0.3) is 0 Å². The van der Waals surface area contributed by atoms with Gasteiger partial charge in [0.05, 0.1) is 13.7 Å². The molecule has 0 heterocycles. The van der Waals surface area contributed by atoms with Crippen LogP contribution in [0.5, 0.6) is 5.75 Å². The third kappa shape index (κ3) is 3.70. The zero-order valence-corrected chi connectivity index (χ0v) is 10.8. The molecular formula is C12H19NO2S. The van der Waals surface area contributed by atoms with Gasteiger partial charge in [0, 0.05) is 17.5 Å². The molecule has 0 radical (unpaired) electrons. The molecule has 4 heteroatoms. The molecule has 16 heavy (non-hydrogen) atoms. The first kappa shape index (κ1) is 13.4. The maximum absolute atomic E-state index is 8.91. The van der Waals surface area contributed by atoms with Crippen LogP contribution in [-0.4, -0.2) is 31.1 Å². The zero-order valence-electron chi connectivity index (χ0n) is 9.99. The van der Waals surface area contributed by atoms with Gasteiger partial charge in [-0.3, -0.25) is 0 Å². The fourth-order valence-electron chi connectivity index (χ4n) is 1.35. The lowest BCUT2D eigenvalue weighted by atomic mass is 10.2. The van der Waals surface area contributed by atoms with Crippen molar-refractivity contribution in [2.75, 3.05) is 20.0 Å². The standard InChI is InChI=1S/C12H19NO2S/c1-9(8-14)13-7-10-4-5-11(15-2)12(6-10)16-3/h4-6,9,13-14H,7-8H2,1-3H3/t9-/m1/s1. The lowest BCUT2D eigenvalue weighted by Crippen LogP contribution is -2.28. The Kier molecular flexibility index (Phi) is 5.66. The monoisotopic (exact) mass is 241 g/mol. The molecule has 0 amide bonds. The molecule has 0 aliphatic carbocycles. The summed E-state index contributed by atoms with van der Waals surface area (Å²) < 4.78 is 5.26. The normalized spacial score (nSPS) is 12.5. The minimum absolute atomic E-state index is 0.125. The highest BCUT2D eigenvalue weighted by Crippen LogP contribution is 2.28. The van der Waals surface area contributed by atoms with Gasteiger partial charge in [-0.1, -0.05) is 6.07 Å². The molecule has 0 unspecified atom stereocenters. The van der Waals surface area contributed by atoms with Crippen molar-refractivity contribution in [3.8, 4) is 5.75 Å². The zero-order chi connectivity index (χ0) is 12.0. The number of hydrogen-bond donors (Lipinski definition) is 2. The maximum atomic E-state index is 8.91. The van der Waals surface area contributed by atoms with Crippen LogP contribution in [-0.2, 0) is 6.54 Å². The average Bonchev–Trinajstić information content (AvgIpc) is 2.35. The first-order valence-electron chi connectivity index (χ1n) is 5.26. The minimum atomic E-state index is 0.125. The van der Waals surface area contributed by atoms with E-state index in [4.69, 9.17) is 9.84 Å². The SMILES string of the molecule is COc1ccc(CN[C@H](C)CO)cc1SC. The highest BCUT2D eigenvalue weighted by atomic mass is 32.2. The number of benzene rings is 1. The molecule has 0 saturated carbocycles. The Hall–Kier alpha value is -0.710. The van der Waals surface area contributed by atoms with Crippen molar-refractivity contribution in [3.63, 3.8) is 0 Å². The number of ether oxygens (including phenoxy) is 1. The second kappa shape index (κ2) is 6.78. The molecule has 1 aromatic carbocycles. The van der Waals surface area contributed by atoms with Crippen LogP contribution in [0.4, 0.5) is 0 Å². The summed E-state index contributed by atoms with van der Waals surface area (Å²) in [6.45, 7) is 2.88. The molecule has 0 spiro atoms. The highest BCUT2D eigenvalue weighted by molar-refractivity contribution is 7.98. The Labute approximate surface area is 101 Å². The van der Waals surface area contributed by atoms with Crippen molar-refractivity contribution in [2.24, 2.45) is 0 Å². The molecule has 0 fully saturated rings. The molecule has 1 aromatic rings. The van der Waals surface area contributed by atoms with Gasteiger partial charge in [-0.2, -0.15) is 0 Å². The van der Waals surface area contributed by atoms with E-state index >= 15 is 0 Å². The van der Waals surface area contributed by atoms with Gasteiger partial charge in [-0.25, -0.2) is 0 Å². The number of thioether (sulfide) groups is 1. The van der Waals surface area contributed by atoms with Crippen LogP contribution >= 0.6 is 11.8 Å². The van der Waals surface area contributed by atoms with Crippen molar-refractivity contribution >= 4 is 11.8 Å². The molecule has 0 bridgehead atoms. The topological polar surface area (TPSA) is 41.5 Å². The Morgan fingerprint density at radius 1 is 1.50 bits per heavy atom. The summed E-state index contributed by atoms with van der Waals surface area (Å²) in [5, 5.41) is 12.1. The maximum Gasteiger partial charge on any atom is 0.132 e. The average molecular weight is 241 g/mol. The van der Waals surface area contributed by atoms with Crippen molar-refractivity contribution < 1.29 is 9.84 Å². The summed E-state index contributed by atoms with van der Waals surface area (Å²) >= 11 is 1.67. The summed E-state index contributed by atoms with van der Waals surface area (Å²) in [4.78, 5) is 1.14. The molecule has 3 nitrogen and oxygen atoms in total. The predicted molar refractivity (Wildman–Crippen MR) is 68.2 cm³/mol. The lowest BCUT2D eigenvalue weighted by molar-refractivity contribution is 0.251. The first-order valence-corrected chi connectivity index (χ1v) is 6.49. The highest BCUT2D eigenvalue weighted by Gasteiger charge is 2.04. The number of rotatable bonds is 6. The summed E-state index contributed by atoms with van der Waals surface area (Å²) in [5.74, 6) is 0.909. The largest absolute Gasteiger partial charge is 0.496 e. The van der Waals surface area contributed by atoms with E-state index in [1.807, 2.05) is 25.3 Å². The molecule has 0 aliphatic rings. The molecular weight excluding hydrogens is 222 g/mol. The smallest absolute Gasteiger partial charge is 0.132 e. The molecule has 0 aliphatic heterocycles. The summed E-state index contributed by atoms with van der Waals surface area (Å²) in [6, 6.07) is 6.25. The van der Waals surface area contributed by atoms with E-state index in [1.54, 1.807) is 18.9 Å². The van der Waals surface area contributed by atoms with Crippen LogP contribution in [0.2, 0.25) is 0 Å². The van der Waals surface area contributed by atoms with Crippen LogP contribution in [0, 0.1) is 0 Å². The number of aliphatic hydroxyl groups excluding tert-OH is 1. The fraction of sp³-hybridized carbons (Fsp3) is 0.500. The van der Waals surface area contributed by atoms with Crippen LogP contribution in [0.25, 0.3) is 0 Å². The van der Waals surface area contributed by atoms with Gasteiger partial charge in [-0.05, 0) is 30.9 Å². The lowest BCUT2D eigenvalue weighted by Gasteiger charge is -2.12. The van der Waals surface area contributed by atoms with E-state index in [-0.39, 0.29) is 12.6 Å². The molecule has 90 valence electrons. The van der Waals surface area contributed by atoms with Gasteiger partial charge in [0.1, 0.15) is 5.75 Å². The molecule has 1 atom stereocenters. The van der Waals surface area contributed by atoms with Crippen molar-refractivity contribution in [1.29, 1.82) is 0 Å². The Morgan fingerprint density at radius 2 is 2.25 bits per heavy atom. The van der Waals surface area contributed by atoms with Crippen LogP contribution in [0.15, 0.2) is 23.1 Å². The van der Waals surface area contributed by atoms with Crippen molar-refractivity contribution in [3.05, 3.63) is 23.8 Å². The second-order valence-electron chi connectivity index (χ2n) is 3.65. The van der Waals surface area contributed by atoms with Gasteiger partial charge < -0.3 is 15.2 Å². The van der Waals surface area contributed by atoms with E-state index < -0.39 is 0 Å². The summed E-state index contributed by atoms with van der Waals surface area (Å²) in [6.07, 6.45) is 2.03. The number of nitrogens with one attached hydrogen (secondary N) is 1. The van der Waals surface area contributed by atoms with E-state index in [1.165, 1.54) is 5.56 Å². The molecule has 0 aromatic heterocycles. The van der Waals surface area contributed by atoms with Crippen LogP contribution in [0.1, 0.15) is 12.5 Å². The van der Waals surface area contributed by atoms with Crippen molar-refractivity contribution in [2.45, 2.75) is 24.4 Å². The van der Waals surface area contributed by atoms with Crippen LogP contribution in [0.3, 0.4) is 0 Å². The van der Waals surface area contributed by atoms with Gasteiger partial charge >= 0.3 is 0 Å². The van der Waals surface area contributed by atoms with Crippen LogP contribution < -0.4 is 10.1 Å². The molecule has 1 rings (SSSR count). The summed E-state index contributed by atoms with van der Waals surface area (Å²) in [7, 11) is 1.68.